The molecule has 114 valence electrons. The molecule has 4 rings (SSSR count). The fourth-order valence-corrected chi connectivity index (χ4v) is 3.70. The number of thioether (sulfide) groups is 1. The first kappa shape index (κ1) is 14.2. The molecule has 0 bridgehead atoms. The number of fused-ring (bicyclic) bond motifs is 1. The second-order valence-electron chi connectivity index (χ2n) is 4.81. The Labute approximate surface area is 139 Å². The summed E-state index contributed by atoms with van der Waals surface area (Å²) < 4.78 is 5.51. The molecule has 4 aromatic rings. The number of H-pyrrole nitrogens is 1. The Morgan fingerprint density at radius 3 is 2.91 bits per heavy atom. The minimum Gasteiger partial charge on any atom is -0.444 e. The van der Waals surface area contributed by atoms with Crippen molar-refractivity contribution in [3.63, 3.8) is 0 Å². The quantitative estimate of drug-likeness (QED) is 0.450. The molecule has 0 radical (unpaired) electrons. The highest BCUT2D eigenvalue weighted by Gasteiger charge is 2.09. The van der Waals surface area contributed by atoms with E-state index in [2.05, 4.69) is 15.0 Å². The summed E-state index contributed by atoms with van der Waals surface area (Å²) >= 11 is 2.89. The molecule has 1 N–H and O–H groups in total. The number of oxazole rings is 1. The van der Waals surface area contributed by atoms with E-state index in [4.69, 9.17) is 4.42 Å². The van der Waals surface area contributed by atoms with Gasteiger partial charge in [0.25, 0.3) is 5.56 Å². The molecule has 3 heterocycles. The lowest BCUT2D eigenvalue weighted by Gasteiger charge is -1.98. The molecule has 0 aliphatic heterocycles. The number of nitrogens with zero attached hydrogens (tertiary/aromatic N) is 2. The van der Waals surface area contributed by atoms with Crippen LogP contribution in [0.3, 0.4) is 0 Å². The van der Waals surface area contributed by atoms with Crippen LogP contribution in [-0.4, -0.2) is 15.0 Å². The standard InChI is InChI=1S/C16H11N3O2S2/c20-13-12-6-7-22-15(12)19-16(18-13)23-9-11-8-21-14(17-11)10-4-2-1-3-5-10/h1-8H,9H2,(H,18,19,20). The fourth-order valence-electron chi connectivity index (χ4n) is 2.14. The summed E-state index contributed by atoms with van der Waals surface area (Å²) in [6.07, 6.45) is 1.64. The average molecular weight is 341 g/mol. The number of rotatable bonds is 4. The van der Waals surface area contributed by atoms with Crippen LogP contribution in [0.5, 0.6) is 0 Å². The van der Waals surface area contributed by atoms with Gasteiger partial charge in [0.05, 0.1) is 11.1 Å². The van der Waals surface area contributed by atoms with Crippen LogP contribution in [0.25, 0.3) is 21.7 Å². The van der Waals surface area contributed by atoms with Crippen LogP contribution in [0, 0.1) is 0 Å². The van der Waals surface area contributed by atoms with Crippen molar-refractivity contribution < 1.29 is 4.42 Å². The maximum absolute atomic E-state index is 11.9. The van der Waals surface area contributed by atoms with Gasteiger partial charge in [-0.05, 0) is 23.6 Å². The highest BCUT2D eigenvalue weighted by atomic mass is 32.2. The van der Waals surface area contributed by atoms with Crippen LogP contribution < -0.4 is 5.56 Å². The third-order valence-corrected chi connectivity index (χ3v) is 4.96. The molecule has 0 aliphatic carbocycles. The molecule has 0 unspecified atom stereocenters. The molecule has 0 saturated heterocycles. The molecule has 3 aromatic heterocycles. The van der Waals surface area contributed by atoms with E-state index in [1.807, 2.05) is 35.7 Å². The van der Waals surface area contributed by atoms with Crippen molar-refractivity contribution in [1.29, 1.82) is 0 Å². The largest absolute Gasteiger partial charge is 0.444 e. The molecular weight excluding hydrogens is 330 g/mol. The maximum atomic E-state index is 11.9. The van der Waals surface area contributed by atoms with E-state index in [0.717, 1.165) is 16.1 Å². The third-order valence-electron chi connectivity index (χ3n) is 3.24. The van der Waals surface area contributed by atoms with Gasteiger partial charge in [0.15, 0.2) is 5.16 Å². The van der Waals surface area contributed by atoms with E-state index < -0.39 is 0 Å². The van der Waals surface area contributed by atoms with Crippen molar-refractivity contribution in [2.24, 2.45) is 0 Å². The zero-order valence-electron chi connectivity index (χ0n) is 11.9. The van der Waals surface area contributed by atoms with Crippen LogP contribution in [0.2, 0.25) is 0 Å². The van der Waals surface area contributed by atoms with Crippen molar-refractivity contribution in [3.05, 3.63) is 64.1 Å². The van der Waals surface area contributed by atoms with Gasteiger partial charge in [0, 0.05) is 11.3 Å². The van der Waals surface area contributed by atoms with Gasteiger partial charge in [0.2, 0.25) is 5.89 Å². The van der Waals surface area contributed by atoms with Crippen molar-refractivity contribution in [3.8, 4) is 11.5 Å². The normalized spacial score (nSPS) is 11.1. The van der Waals surface area contributed by atoms with E-state index in [9.17, 15) is 4.79 Å². The zero-order chi connectivity index (χ0) is 15.6. The minimum atomic E-state index is -0.108. The molecule has 7 heteroatoms. The van der Waals surface area contributed by atoms with Gasteiger partial charge < -0.3 is 9.40 Å². The molecule has 5 nitrogen and oxygen atoms in total. The number of hydrogen-bond donors (Lipinski definition) is 1. The first-order chi connectivity index (χ1) is 11.3. The summed E-state index contributed by atoms with van der Waals surface area (Å²) in [6, 6.07) is 11.5. The maximum Gasteiger partial charge on any atom is 0.260 e. The van der Waals surface area contributed by atoms with Gasteiger partial charge in [-0.1, -0.05) is 30.0 Å². The third kappa shape index (κ3) is 2.93. The predicted octanol–water partition coefficient (Wildman–Crippen LogP) is 3.93. The van der Waals surface area contributed by atoms with Gasteiger partial charge in [-0.25, -0.2) is 9.97 Å². The molecule has 0 amide bonds. The van der Waals surface area contributed by atoms with Gasteiger partial charge in [-0.3, -0.25) is 4.79 Å². The average Bonchev–Trinajstić information content (AvgIpc) is 3.23. The van der Waals surface area contributed by atoms with Crippen LogP contribution in [0.15, 0.2) is 62.4 Å². The lowest BCUT2D eigenvalue weighted by atomic mass is 10.2. The van der Waals surface area contributed by atoms with E-state index in [-0.39, 0.29) is 5.56 Å². The summed E-state index contributed by atoms with van der Waals surface area (Å²) in [4.78, 5) is 24.4. The van der Waals surface area contributed by atoms with Crippen molar-refractivity contribution in [2.45, 2.75) is 10.9 Å². The molecule has 0 fully saturated rings. The van der Waals surface area contributed by atoms with Crippen LogP contribution in [0.1, 0.15) is 5.69 Å². The molecule has 1 aromatic carbocycles. The zero-order valence-corrected chi connectivity index (χ0v) is 13.5. The van der Waals surface area contributed by atoms with Crippen molar-refractivity contribution >= 4 is 33.3 Å². The Kier molecular flexibility index (Phi) is 3.72. The van der Waals surface area contributed by atoms with Crippen molar-refractivity contribution in [2.75, 3.05) is 0 Å². The lowest BCUT2D eigenvalue weighted by Crippen LogP contribution is -2.07. The second-order valence-corrected chi connectivity index (χ2v) is 6.67. The Hall–Kier alpha value is -2.38. The van der Waals surface area contributed by atoms with E-state index in [0.29, 0.717) is 22.2 Å². The molecule has 23 heavy (non-hydrogen) atoms. The monoisotopic (exact) mass is 341 g/mol. The van der Waals surface area contributed by atoms with Gasteiger partial charge in [-0.15, -0.1) is 11.3 Å². The molecular formula is C16H11N3O2S2. The van der Waals surface area contributed by atoms with Crippen LogP contribution >= 0.6 is 23.1 Å². The van der Waals surface area contributed by atoms with Crippen LogP contribution in [0.4, 0.5) is 0 Å². The number of nitrogens with one attached hydrogen (secondary N) is 1. The predicted molar refractivity (Wildman–Crippen MR) is 91.7 cm³/mol. The summed E-state index contributed by atoms with van der Waals surface area (Å²) in [6.45, 7) is 0. The highest BCUT2D eigenvalue weighted by molar-refractivity contribution is 7.98. The summed E-state index contributed by atoms with van der Waals surface area (Å²) in [5.74, 6) is 1.17. The second kappa shape index (κ2) is 6.02. The Bertz CT molecular complexity index is 1000. The number of benzene rings is 1. The number of aromatic nitrogens is 3. The van der Waals surface area contributed by atoms with Crippen molar-refractivity contribution in [1.82, 2.24) is 15.0 Å². The van der Waals surface area contributed by atoms with E-state index in [1.54, 1.807) is 12.3 Å². The summed E-state index contributed by atoms with van der Waals surface area (Å²) in [5, 5.41) is 3.09. The number of hydrogen-bond acceptors (Lipinski definition) is 6. The van der Waals surface area contributed by atoms with E-state index in [1.165, 1.54) is 23.1 Å². The smallest absolute Gasteiger partial charge is 0.260 e. The lowest BCUT2D eigenvalue weighted by molar-refractivity contribution is 0.573. The number of aromatic amines is 1. The molecule has 0 saturated carbocycles. The summed E-state index contributed by atoms with van der Waals surface area (Å²) in [7, 11) is 0. The Morgan fingerprint density at radius 2 is 2.04 bits per heavy atom. The number of thiophene rings is 1. The van der Waals surface area contributed by atoms with Gasteiger partial charge in [0.1, 0.15) is 11.1 Å². The fraction of sp³-hybridized carbons (Fsp3) is 0.0625. The summed E-state index contributed by atoms with van der Waals surface area (Å²) in [5.41, 5.74) is 1.64. The highest BCUT2D eigenvalue weighted by Crippen LogP contribution is 2.24. The molecule has 0 atom stereocenters. The Morgan fingerprint density at radius 1 is 1.17 bits per heavy atom. The first-order valence-corrected chi connectivity index (χ1v) is 8.76. The van der Waals surface area contributed by atoms with Gasteiger partial charge >= 0.3 is 0 Å². The topological polar surface area (TPSA) is 71.8 Å². The van der Waals surface area contributed by atoms with E-state index >= 15 is 0 Å². The SMILES string of the molecule is O=c1[nH]c(SCc2coc(-c3ccccc3)n2)nc2sccc12. The molecule has 0 spiro atoms. The van der Waals surface area contributed by atoms with Crippen LogP contribution in [-0.2, 0) is 5.75 Å². The Balaban J connectivity index is 1.52. The molecule has 0 aliphatic rings. The minimum absolute atomic E-state index is 0.108. The van der Waals surface area contributed by atoms with Gasteiger partial charge in [-0.2, -0.15) is 0 Å². The first-order valence-electron chi connectivity index (χ1n) is 6.90.